The number of benzene rings is 2. The molecule has 1 atom stereocenters. The summed E-state index contributed by atoms with van der Waals surface area (Å²) in [6.45, 7) is 5.72. The molecule has 0 aromatic heterocycles. The van der Waals surface area contributed by atoms with Crippen molar-refractivity contribution in [3.05, 3.63) is 48.0 Å². The molecule has 0 amide bonds. The summed E-state index contributed by atoms with van der Waals surface area (Å²) < 4.78 is 0. The van der Waals surface area contributed by atoms with E-state index >= 15 is 0 Å². The van der Waals surface area contributed by atoms with Crippen molar-refractivity contribution in [3.63, 3.8) is 0 Å². The number of aliphatic hydroxyl groups is 1. The van der Waals surface area contributed by atoms with E-state index in [1.165, 1.54) is 48.7 Å². The van der Waals surface area contributed by atoms with Crippen LogP contribution in [0.15, 0.2) is 42.5 Å². The van der Waals surface area contributed by atoms with Gasteiger partial charge in [0.15, 0.2) is 0 Å². The Morgan fingerprint density at radius 2 is 1.69 bits per heavy atom. The van der Waals surface area contributed by atoms with Gasteiger partial charge < -0.3 is 10.0 Å². The van der Waals surface area contributed by atoms with Crippen LogP contribution >= 0.6 is 0 Å². The molecule has 1 saturated carbocycles. The molecule has 1 unspecified atom stereocenters. The van der Waals surface area contributed by atoms with Gasteiger partial charge in [-0.2, -0.15) is 0 Å². The van der Waals surface area contributed by atoms with Crippen molar-refractivity contribution < 1.29 is 5.11 Å². The van der Waals surface area contributed by atoms with Gasteiger partial charge in [0.2, 0.25) is 0 Å². The molecular weight excluding hydrogens is 318 g/mol. The molecule has 2 fully saturated rings. The summed E-state index contributed by atoms with van der Waals surface area (Å²) in [6, 6.07) is 15.3. The van der Waals surface area contributed by atoms with E-state index in [-0.39, 0.29) is 5.92 Å². The average Bonchev–Trinajstić information content (AvgIpc) is 2.68. The molecule has 0 bridgehead atoms. The lowest BCUT2D eigenvalue weighted by Crippen LogP contribution is -2.46. The summed E-state index contributed by atoms with van der Waals surface area (Å²) in [7, 11) is 0. The highest BCUT2D eigenvalue weighted by atomic mass is 16.3. The molecule has 2 nitrogen and oxygen atoms in total. The third kappa shape index (κ3) is 3.68. The standard InChI is InChI=1S/C24H33NO/c1-19-12-16-25(17-13-19)18-23(24(26)14-5-2-6-15-24)22-11-7-9-20-8-3-4-10-21(20)22/h3-4,7-11,19,23,26H,2,5-6,12-18H2,1H3. The zero-order valence-corrected chi connectivity index (χ0v) is 16.2. The molecule has 1 heterocycles. The minimum Gasteiger partial charge on any atom is -0.389 e. The van der Waals surface area contributed by atoms with Gasteiger partial charge in [-0.1, -0.05) is 68.7 Å². The van der Waals surface area contributed by atoms with Crippen molar-refractivity contribution >= 4 is 10.8 Å². The predicted molar refractivity (Wildman–Crippen MR) is 110 cm³/mol. The summed E-state index contributed by atoms with van der Waals surface area (Å²) in [6.07, 6.45) is 8.08. The third-order valence-electron chi connectivity index (χ3n) is 6.88. The Kier molecular flexibility index (Phi) is 5.33. The molecule has 0 spiro atoms. The Morgan fingerprint density at radius 3 is 2.46 bits per heavy atom. The maximum Gasteiger partial charge on any atom is 0.0728 e. The zero-order chi connectivity index (χ0) is 18.0. The molecule has 2 aromatic rings. The van der Waals surface area contributed by atoms with E-state index in [0.29, 0.717) is 0 Å². The van der Waals surface area contributed by atoms with Crippen LogP contribution in [0.3, 0.4) is 0 Å². The molecular formula is C24H33NO. The fourth-order valence-electron chi connectivity index (χ4n) is 5.13. The largest absolute Gasteiger partial charge is 0.389 e. The van der Waals surface area contributed by atoms with Gasteiger partial charge in [-0.25, -0.2) is 0 Å². The Morgan fingerprint density at radius 1 is 1.00 bits per heavy atom. The lowest BCUT2D eigenvalue weighted by Gasteiger charge is -2.43. The first kappa shape index (κ1) is 18.0. The number of hydrogen-bond acceptors (Lipinski definition) is 2. The SMILES string of the molecule is CC1CCN(CC(c2cccc3ccccc23)C2(O)CCCCC2)CC1. The van der Waals surface area contributed by atoms with Crippen molar-refractivity contribution in [3.8, 4) is 0 Å². The quantitative estimate of drug-likeness (QED) is 0.802. The number of likely N-dealkylation sites (tertiary alicyclic amines) is 1. The Hall–Kier alpha value is -1.38. The van der Waals surface area contributed by atoms with Crippen LogP contribution in [0.1, 0.15) is 63.4 Å². The van der Waals surface area contributed by atoms with Gasteiger partial charge in [0.25, 0.3) is 0 Å². The Labute approximate surface area is 158 Å². The average molecular weight is 352 g/mol. The molecule has 1 saturated heterocycles. The number of piperidine rings is 1. The molecule has 1 N–H and O–H groups in total. The smallest absolute Gasteiger partial charge is 0.0728 e. The summed E-state index contributed by atoms with van der Waals surface area (Å²) in [5, 5.41) is 14.3. The molecule has 2 aromatic carbocycles. The second-order valence-electron chi connectivity index (χ2n) is 8.77. The fraction of sp³-hybridized carbons (Fsp3) is 0.583. The van der Waals surface area contributed by atoms with Gasteiger partial charge in [-0.3, -0.25) is 0 Å². The lowest BCUT2D eigenvalue weighted by atomic mass is 9.71. The summed E-state index contributed by atoms with van der Waals surface area (Å²) in [4.78, 5) is 2.61. The van der Waals surface area contributed by atoms with E-state index in [9.17, 15) is 5.11 Å². The molecule has 1 aliphatic carbocycles. The second kappa shape index (κ2) is 7.70. The van der Waals surface area contributed by atoms with Crippen LogP contribution in [-0.4, -0.2) is 35.2 Å². The first-order valence-electron chi connectivity index (χ1n) is 10.6. The fourth-order valence-corrected chi connectivity index (χ4v) is 5.13. The van der Waals surface area contributed by atoms with Crippen LogP contribution in [0, 0.1) is 5.92 Å². The maximum atomic E-state index is 11.7. The highest BCUT2D eigenvalue weighted by molar-refractivity contribution is 5.86. The summed E-state index contributed by atoms with van der Waals surface area (Å²) in [5.74, 6) is 1.06. The van der Waals surface area contributed by atoms with Gasteiger partial charge in [0, 0.05) is 12.5 Å². The van der Waals surface area contributed by atoms with Gasteiger partial charge in [-0.05, 0) is 61.0 Å². The van der Waals surface area contributed by atoms with E-state index in [2.05, 4.69) is 54.3 Å². The molecule has 0 radical (unpaired) electrons. The molecule has 4 rings (SSSR count). The number of rotatable bonds is 4. The van der Waals surface area contributed by atoms with Gasteiger partial charge >= 0.3 is 0 Å². The minimum absolute atomic E-state index is 0.210. The summed E-state index contributed by atoms with van der Waals surface area (Å²) in [5.41, 5.74) is 0.803. The Bertz CT molecular complexity index is 721. The molecule has 2 heteroatoms. The first-order valence-corrected chi connectivity index (χ1v) is 10.6. The van der Waals surface area contributed by atoms with Crippen LogP contribution in [0.5, 0.6) is 0 Å². The van der Waals surface area contributed by atoms with E-state index in [0.717, 1.165) is 38.1 Å². The van der Waals surface area contributed by atoms with E-state index < -0.39 is 5.60 Å². The van der Waals surface area contributed by atoms with Crippen LogP contribution in [0.25, 0.3) is 10.8 Å². The highest BCUT2D eigenvalue weighted by Gasteiger charge is 2.40. The maximum absolute atomic E-state index is 11.7. The van der Waals surface area contributed by atoms with E-state index in [1.54, 1.807) is 0 Å². The van der Waals surface area contributed by atoms with Gasteiger partial charge in [0.05, 0.1) is 5.60 Å². The van der Waals surface area contributed by atoms with Crippen LogP contribution in [-0.2, 0) is 0 Å². The van der Waals surface area contributed by atoms with Crippen LogP contribution in [0.4, 0.5) is 0 Å². The Balaban J connectivity index is 1.70. The van der Waals surface area contributed by atoms with Crippen LogP contribution in [0.2, 0.25) is 0 Å². The van der Waals surface area contributed by atoms with Crippen molar-refractivity contribution in [1.82, 2.24) is 4.90 Å². The lowest BCUT2D eigenvalue weighted by molar-refractivity contribution is -0.0326. The number of nitrogens with zero attached hydrogens (tertiary/aromatic N) is 1. The summed E-state index contributed by atoms with van der Waals surface area (Å²) >= 11 is 0. The highest BCUT2D eigenvalue weighted by Crippen LogP contribution is 2.42. The normalized spacial score (nSPS) is 23.2. The van der Waals surface area contributed by atoms with Crippen molar-refractivity contribution in [2.75, 3.05) is 19.6 Å². The first-order chi connectivity index (χ1) is 12.7. The minimum atomic E-state index is -0.550. The van der Waals surface area contributed by atoms with E-state index in [4.69, 9.17) is 0 Å². The van der Waals surface area contributed by atoms with Crippen molar-refractivity contribution in [1.29, 1.82) is 0 Å². The number of hydrogen-bond donors (Lipinski definition) is 1. The predicted octanol–water partition coefficient (Wildman–Crippen LogP) is 5.35. The van der Waals surface area contributed by atoms with Crippen molar-refractivity contribution in [2.45, 2.75) is 63.4 Å². The van der Waals surface area contributed by atoms with Crippen LogP contribution < -0.4 is 0 Å². The topological polar surface area (TPSA) is 23.5 Å². The molecule has 1 aliphatic heterocycles. The molecule has 140 valence electrons. The molecule has 2 aliphatic rings. The second-order valence-corrected chi connectivity index (χ2v) is 8.77. The monoisotopic (exact) mass is 351 g/mol. The third-order valence-corrected chi connectivity index (χ3v) is 6.88. The number of fused-ring (bicyclic) bond motifs is 1. The van der Waals surface area contributed by atoms with Gasteiger partial charge in [-0.15, -0.1) is 0 Å². The van der Waals surface area contributed by atoms with Gasteiger partial charge in [0.1, 0.15) is 0 Å². The zero-order valence-electron chi connectivity index (χ0n) is 16.2. The van der Waals surface area contributed by atoms with Crippen molar-refractivity contribution in [2.24, 2.45) is 5.92 Å². The molecule has 26 heavy (non-hydrogen) atoms. The van der Waals surface area contributed by atoms with E-state index in [1.807, 2.05) is 0 Å².